The molecule has 0 saturated carbocycles. The number of halogens is 1. The number of hydrogen-bond acceptors (Lipinski definition) is 4. The SMILES string of the molecule is C[C@H](C(=O)N1CCCc2cccc(F)c21)S(=O)(=O)C1CCOCC1. The first-order valence-electron chi connectivity index (χ1n) is 8.32. The van der Waals surface area contributed by atoms with Gasteiger partial charge < -0.3 is 9.64 Å². The number of fused-ring (bicyclic) bond motifs is 1. The summed E-state index contributed by atoms with van der Waals surface area (Å²) in [7, 11) is -3.62. The normalized spacial score (nSPS) is 20.5. The fraction of sp³-hybridized carbons (Fsp3) is 0.588. The zero-order chi connectivity index (χ0) is 17.3. The summed E-state index contributed by atoms with van der Waals surface area (Å²) in [4.78, 5) is 14.2. The maximum atomic E-state index is 14.2. The molecule has 3 rings (SSSR count). The second kappa shape index (κ2) is 6.80. The van der Waals surface area contributed by atoms with Gasteiger partial charge in [0.1, 0.15) is 11.1 Å². The molecule has 24 heavy (non-hydrogen) atoms. The van der Waals surface area contributed by atoms with Crippen molar-refractivity contribution in [1.29, 1.82) is 0 Å². The lowest BCUT2D eigenvalue weighted by atomic mass is 10.0. The molecular formula is C17H22FNO4S. The molecule has 132 valence electrons. The second-order valence-electron chi connectivity index (χ2n) is 6.38. The number of nitrogens with zero attached hydrogens (tertiary/aromatic N) is 1. The number of carbonyl (C=O) groups excluding carboxylic acids is 1. The third-order valence-electron chi connectivity index (χ3n) is 4.91. The fourth-order valence-electron chi connectivity index (χ4n) is 3.48. The average molecular weight is 355 g/mol. The number of benzene rings is 1. The Morgan fingerprint density at radius 1 is 1.33 bits per heavy atom. The molecule has 2 aliphatic heterocycles. The highest BCUT2D eigenvalue weighted by atomic mass is 32.2. The van der Waals surface area contributed by atoms with Crippen molar-refractivity contribution in [1.82, 2.24) is 0 Å². The maximum absolute atomic E-state index is 14.2. The highest BCUT2D eigenvalue weighted by Crippen LogP contribution is 2.31. The Morgan fingerprint density at radius 2 is 2.04 bits per heavy atom. The summed E-state index contributed by atoms with van der Waals surface area (Å²) in [5.74, 6) is -1.01. The zero-order valence-electron chi connectivity index (χ0n) is 13.7. The van der Waals surface area contributed by atoms with E-state index in [4.69, 9.17) is 4.74 Å². The molecule has 1 amide bonds. The molecule has 0 unspecified atom stereocenters. The van der Waals surface area contributed by atoms with E-state index in [1.807, 2.05) is 0 Å². The number of sulfone groups is 1. The third-order valence-corrected chi connectivity index (χ3v) is 7.50. The van der Waals surface area contributed by atoms with Gasteiger partial charge in [-0.25, -0.2) is 12.8 Å². The molecule has 0 aliphatic carbocycles. The van der Waals surface area contributed by atoms with Crippen LogP contribution in [0.3, 0.4) is 0 Å². The maximum Gasteiger partial charge on any atom is 0.245 e. The third kappa shape index (κ3) is 3.07. The topological polar surface area (TPSA) is 63.7 Å². The van der Waals surface area contributed by atoms with Crippen LogP contribution in [-0.4, -0.2) is 44.6 Å². The Bertz CT molecular complexity index is 728. The first kappa shape index (κ1) is 17.4. The number of para-hydroxylation sites is 1. The fourth-order valence-corrected chi connectivity index (χ4v) is 5.31. The van der Waals surface area contributed by atoms with Gasteiger partial charge in [0.2, 0.25) is 5.91 Å². The van der Waals surface area contributed by atoms with Gasteiger partial charge in [0.05, 0.1) is 10.9 Å². The van der Waals surface area contributed by atoms with Crippen LogP contribution in [0.15, 0.2) is 18.2 Å². The molecule has 1 aromatic rings. The van der Waals surface area contributed by atoms with Crippen molar-refractivity contribution >= 4 is 21.4 Å². The molecule has 0 aromatic heterocycles. The van der Waals surface area contributed by atoms with Crippen molar-refractivity contribution in [2.45, 2.75) is 43.1 Å². The number of carbonyl (C=O) groups is 1. The van der Waals surface area contributed by atoms with Crippen LogP contribution in [0.5, 0.6) is 0 Å². The van der Waals surface area contributed by atoms with Gasteiger partial charge in [-0.05, 0) is 44.2 Å². The van der Waals surface area contributed by atoms with Gasteiger partial charge in [0.15, 0.2) is 9.84 Å². The first-order valence-corrected chi connectivity index (χ1v) is 9.93. The van der Waals surface area contributed by atoms with Gasteiger partial charge in [-0.2, -0.15) is 0 Å². The van der Waals surface area contributed by atoms with E-state index in [0.717, 1.165) is 5.56 Å². The quantitative estimate of drug-likeness (QED) is 0.833. The van der Waals surface area contributed by atoms with Crippen molar-refractivity contribution in [2.75, 3.05) is 24.7 Å². The Kier molecular flexibility index (Phi) is 4.92. The van der Waals surface area contributed by atoms with Gasteiger partial charge in [-0.3, -0.25) is 4.79 Å². The Morgan fingerprint density at radius 3 is 2.75 bits per heavy atom. The first-order chi connectivity index (χ1) is 11.4. The van der Waals surface area contributed by atoms with E-state index in [-0.39, 0.29) is 5.69 Å². The smallest absolute Gasteiger partial charge is 0.245 e. The standard InChI is InChI=1S/C17H22FNO4S/c1-12(24(21,22)14-7-10-23-11-8-14)17(20)19-9-3-5-13-4-2-6-15(18)16(13)19/h2,4,6,12,14H,3,5,7-11H2,1H3/t12-/m1/s1. The lowest BCUT2D eigenvalue weighted by molar-refractivity contribution is -0.118. The molecule has 0 spiro atoms. The minimum atomic E-state index is -3.62. The summed E-state index contributed by atoms with van der Waals surface area (Å²) < 4.78 is 45.0. The van der Waals surface area contributed by atoms with Crippen LogP contribution in [0, 0.1) is 5.82 Å². The van der Waals surface area contributed by atoms with E-state index in [2.05, 4.69) is 0 Å². The predicted molar refractivity (Wildman–Crippen MR) is 89.3 cm³/mol. The Balaban J connectivity index is 1.87. The molecule has 1 saturated heterocycles. The highest BCUT2D eigenvalue weighted by Gasteiger charge is 2.40. The van der Waals surface area contributed by atoms with E-state index in [9.17, 15) is 17.6 Å². The number of aryl methyl sites for hydroxylation is 1. The molecule has 5 nitrogen and oxygen atoms in total. The summed E-state index contributed by atoms with van der Waals surface area (Å²) in [6.07, 6.45) is 2.21. The van der Waals surface area contributed by atoms with Crippen LogP contribution in [0.2, 0.25) is 0 Å². The summed E-state index contributed by atoms with van der Waals surface area (Å²) in [6, 6.07) is 4.71. The minimum Gasteiger partial charge on any atom is -0.381 e. The van der Waals surface area contributed by atoms with Crippen LogP contribution in [0.25, 0.3) is 0 Å². The van der Waals surface area contributed by atoms with Crippen molar-refractivity contribution in [3.63, 3.8) is 0 Å². The lowest BCUT2D eigenvalue weighted by Gasteiger charge is -2.33. The van der Waals surface area contributed by atoms with Gasteiger partial charge >= 0.3 is 0 Å². The Hall–Kier alpha value is -1.47. The molecule has 2 aliphatic rings. The van der Waals surface area contributed by atoms with Crippen molar-refractivity contribution in [3.05, 3.63) is 29.6 Å². The molecule has 1 fully saturated rings. The summed E-state index contributed by atoms with van der Waals surface area (Å²) in [6.45, 7) is 2.56. The van der Waals surface area contributed by atoms with Crippen molar-refractivity contribution < 1.29 is 22.3 Å². The van der Waals surface area contributed by atoms with E-state index in [1.165, 1.54) is 17.9 Å². The van der Waals surface area contributed by atoms with Gasteiger partial charge in [-0.15, -0.1) is 0 Å². The molecule has 7 heteroatoms. The van der Waals surface area contributed by atoms with Crippen LogP contribution in [-0.2, 0) is 25.8 Å². The number of rotatable bonds is 3. The molecule has 0 bridgehead atoms. The van der Waals surface area contributed by atoms with Crippen molar-refractivity contribution in [3.8, 4) is 0 Å². The molecule has 1 atom stereocenters. The lowest BCUT2D eigenvalue weighted by Crippen LogP contribution is -2.47. The van der Waals surface area contributed by atoms with E-state index >= 15 is 0 Å². The Labute approximate surface area is 141 Å². The number of ether oxygens (including phenoxy) is 1. The average Bonchev–Trinajstić information content (AvgIpc) is 2.61. The monoisotopic (exact) mass is 355 g/mol. The van der Waals surface area contributed by atoms with E-state index < -0.39 is 32.1 Å². The summed E-state index contributed by atoms with van der Waals surface area (Å²) >= 11 is 0. The van der Waals surface area contributed by atoms with Gasteiger partial charge in [-0.1, -0.05) is 12.1 Å². The largest absolute Gasteiger partial charge is 0.381 e. The number of amides is 1. The second-order valence-corrected chi connectivity index (χ2v) is 8.94. The summed E-state index contributed by atoms with van der Waals surface area (Å²) in [5, 5.41) is -1.73. The molecular weight excluding hydrogens is 333 g/mol. The van der Waals surface area contributed by atoms with E-state index in [0.29, 0.717) is 45.4 Å². The number of anilines is 1. The molecule has 2 heterocycles. The molecule has 0 radical (unpaired) electrons. The van der Waals surface area contributed by atoms with Crippen molar-refractivity contribution in [2.24, 2.45) is 0 Å². The van der Waals surface area contributed by atoms with Crippen LogP contribution < -0.4 is 4.90 Å². The zero-order valence-corrected chi connectivity index (χ0v) is 14.5. The van der Waals surface area contributed by atoms with E-state index in [1.54, 1.807) is 12.1 Å². The molecule has 1 aromatic carbocycles. The summed E-state index contributed by atoms with van der Waals surface area (Å²) in [5.41, 5.74) is 0.994. The number of hydrogen-bond donors (Lipinski definition) is 0. The van der Waals surface area contributed by atoms with Crippen LogP contribution >= 0.6 is 0 Å². The van der Waals surface area contributed by atoms with Crippen LogP contribution in [0.1, 0.15) is 31.7 Å². The predicted octanol–water partition coefficient (Wildman–Crippen LogP) is 2.09. The highest BCUT2D eigenvalue weighted by molar-refractivity contribution is 7.93. The van der Waals surface area contributed by atoms with Crippen LogP contribution in [0.4, 0.5) is 10.1 Å². The van der Waals surface area contributed by atoms with Gasteiger partial charge in [0, 0.05) is 19.8 Å². The van der Waals surface area contributed by atoms with Gasteiger partial charge in [0.25, 0.3) is 0 Å². The molecule has 0 N–H and O–H groups in total. The minimum absolute atomic E-state index is 0.239.